The average Bonchev–Trinajstić information content (AvgIpc) is 3.28. The highest BCUT2D eigenvalue weighted by atomic mass is 35.5. The van der Waals surface area contributed by atoms with Crippen molar-refractivity contribution in [2.45, 2.75) is 51.3 Å². The average molecular weight is 436 g/mol. The first-order valence-corrected chi connectivity index (χ1v) is 10.2. The van der Waals surface area contributed by atoms with Gasteiger partial charge in [-0.1, -0.05) is 37.5 Å². The lowest BCUT2D eigenvalue weighted by atomic mass is 9.84. The summed E-state index contributed by atoms with van der Waals surface area (Å²) in [7, 11) is 3.09. The molecule has 30 heavy (non-hydrogen) atoms. The summed E-state index contributed by atoms with van der Waals surface area (Å²) in [5.74, 6) is 0.840. The van der Waals surface area contributed by atoms with E-state index in [2.05, 4.69) is 10.5 Å². The number of ether oxygens (including phenoxy) is 2. The van der Waals surface area contributed by atoms with Crippen LogP contribution in [0.5, 0.6) is 11.5 Å². The number of rotatable bonds is 3. The van der Waals surface area contributed by atoms with Crippen LogP contribution in [0.1, 0.15) is 39.2 Å². The second-order valence-electron chi connectivity index (χ2n) is 9.17. The maximum Gasteiger partial charge on any atom is 0.246 e. The first-order valence-electron chi connectivity index (χ1n) is 9.86. The monoisotopic (exact) mass is 435 g/mol. The van der Waals surface area contributed by atoms with Crippen molar-refractivity contribution in [3.05, 3.63) is 22.7 Å². The van der Waals surface area contributed by atoms with E-state index in [0.29, 0.717) is 47.2 Å². The van der Waals surface area contributed by atoms with E-state index < -0.39 is 17.7 Å². The first kappa shape index (κ1) is 20.8. The number of carbonyl (C=O) groups excluding carboxylic acids is 2. The van der Waals surface area contributed by atoms with E-state index in [1.807, 2.05) is 20.8 Å². The normalized spacial score (nSPS) is 28.2. The molecule has 0 bridgehead atoms. The Morgan fingerprint density at radius 2 is 1.93 bits per heavy atom. The maximum atomic E-state index is 13.1. The number of hydrogen-bond acceptors (Lipinski definition) is 6. The molecule has 1 aromatic rings. The van der Waals surface area contributed by atoms with Crippen LogP contribution in [0.4, 0.5) is 0 Å². The summed E-state index contributed by atoms with van der Waals surface area (Å²) < 4.78 is 10.7. The van der Waals surface area contributed by atoms with Crippen molar-refractivity contribution in [1.82, 2.24) is 10.2 Å². The minimum atomic E-state index is -0.739. The molecule has 0 saturated carbocycles. The van der Waals surface area contributed by atoms with Crippen molar-refractivity contribution in [2.24, 2.45) is 10.6 Å². The molecule has 2 amide bonds. The van der Waals surface area contributed by atoms with Crippen LogP contribution < -0.4 is 14.8 Å². The van der Waals surface area contributed by atoms with E-state index in [-0.39, 0.29) is 17.2 Å². The molecule has 0 aliphatic carbocycles. The van der Waals surface area contributed by atoms with Gasteiger partial charge < -0.3 is 24.5 Å². The standard InChI is InChI=1S/C21H26ClN3O5/c1-20(2,3)17-19(27)25-10-21(9-14(25)18(26)23-17)8-13(24-30-21)11-6-12(22)16(29-5)7-15(11)28-4/h6-7,14,17H,8-10H2,1-5H3,(H,23,26)/t14?,17-,21-/m1/s1. The maximum absolute atomic E-state index is 13.1. The highest BCUT2D eigenvalue weighted by molar-refractivity contribution is 6.32. The topological polar surface area (TPSA) is 89.5 Å². The van der Waals surface area contributed by atoms with Gasteiger partial charge in [-0.2, -0.15) is 0 Å². The molecule has 3 aliphatic heterocycles. The van der Waals surface area contributed by atoms with Crippen LogP contribution in [0.3, 0.4) is 0 Å². The second-order valence-corrected chi connectivity index (χ2v) is 9.58. The fourth-order valence-electron chi connectivity index (χ4n) is 4.41. The van der Waals surface area contributed by atoms with Crippen LogP contribution in [-0.2, 0) is 14.4 Å². The van der Waals surface area contributed by atoms with Crippen LogP contribution in [0.15, 0.2) is 17.3 Å². The van der Waals surface area contributed by atoms with E-state index in [4.69, 9.17) is 25.9 Å². The molecule has 8 nitrogen and oxygen atoms in total. The molecule has 162 valence electrons. The van der Waals surface area contributed by atoms with Gasteiger partial charge in [0.05, 0.1) is 31.5 Å². The molecule has 2 saturated heterocycles. The Morgan fingerprint density at radius 3 is 2.57 bits per heavy atom. The molecule has 3 heterocycles. The molecule has 4 rings (SSSR count). The summed E-state index contributed by atoms with van der Waals surface area (Å²) in [4.78, 5) is 33.3. The van der Waals surface area contributed by atoms with E-state index in [9.17, 15) is 9.59 Å². The Labute approximate surface area is 180 Å². The smallest absolute Gasteiger partial charge is 0.246 e. The predicted molar refractivity (Wildman–Crippen MR) is 111 cm³/mol. The van der Waals surface area contributed by atoms with Gasteiger partial charge in [-0.3, -0.25) is 9.59 Å². The summed E-state index contributed by atoms with van der Waals surface area (Å²) in [6.45, 7) is 6.13. The van der Waals surface area contributed by atoms with Crippen LogP contribution in [0.2, 0.25) is 5.02 Å². The van der Waals surface area contributed by atoms with Crippen molar-refractivity contribution in [3.8, 4) is 11.5 Å². The summed E-state index contributed by atoms with van der Waals surface area (Å²) in [5.41, 5.74) is 0.251. The minimum absolute atomic E-state index is 0.0777. The summed E-state index contributed by atoms with van der Waals surface area (Å²) in [5, 5.41) is 7.61. The van der Waals surface area contributed by atoms with Gasteiger partial charge in [0.25, 0.3) is 0 Å². The minimum Gasteiger partial charge on any atom is -0.496 e. The molecule has 0 radical (unpaired) electrons. The highest BCUT2D eigenvalue weighted by Crippen LogP contribution is 2.43. The van der Waals surface area contributed by atoms with Crippen LogP contribution in [0.25, 0.3) is 0 Å². The third kappa shape index (κ3) is 3.27. The number of nitrogens with zero attached hydrogens (tertiary/aromatic N) is 2. The van der Waals surface area contributed by atoms with Gasteiger partial charge >= 0.3 is 0 Å². The third-order valence-corrected chi connectivity index (χ3v) is 6.30. The van der Waals surface area contributed by atoms with Crippen LogP contribution >= 0.6 is 11.6 Å². The number of fused-ring (bicyclic) bond motifs is 1. The lowest BCUT2D eigenvalue weighted by molar-refractivity contribution is -0.150. The van der Waals surface area contributed by atoms with E-state index in [1.54, 1.807) is 24.1 Å². The fraction of sp³-hybridized carbons (Fsp3) is 0.571. The molecule has 3 aliphatic rings. The molecule has 9 heteroatoms. The number of benzene rings is 1. The largest absolute Gasteiger partial charge is 0.496 e. The summed E-state index contributed by atoms with van der Waals surface area (Å²) >= 11 is 6.30. The van der Waals surface area contributed by atoms with Crippen LogP contribution in [-0.4, -0.2) is 60.9 Å². The van der Waals surface area contributed by atoms with Gasteiger partial charge in [-0.25, -0.2) is 0 Å². The molecule has 0 aromatic heterocycles. The van der Waals surface area contributed by atoms with Crippen molar-refractivity contribution >= 4 is 29.1 Å². The number of carbonyl (C=O) groups is 2. The summed E-state index contributed by atoms with van der Waals surface area (Å²) in [6.07, 6.45) is 0.834. The Kier molecular flexibility index (Phi) is 4.88. The Balaban J connectivity index is 1.59. The van der Waals surface area contributed by atoms with Gasteiger partial charge in [0.2, 0.25) is 11.8 Å². The SMILES string of the molecule is COc1cc(OC)c(C2=NO[C@]3(C2)CC2C(=O)N[C@@H](C(C)(C)C)C(=O)N2C3)cc1Cl. The zero-order valence-corrected chi connectivity index (χ0v) is 18.5. The molecule has 1 N–H and O–H groups in total. The molecular formula is C21H26ClN3O5. The number of piperazine rings is 1. The number of halogens is 1. The van der Waals surface area contributed by atoms with Crippen molar-refractivity contribution in [1.29, 1.82) is 0 Å². The van der Waals surface area contributed by atoms with Crippen molar-refractivity contribution in [2.75, 3.05) is 20.8 Å². The fourth-order valence-corrected chi connectivity index (χ4v) is 4.65. The second kappa shape index (κ2) is 7.04. The number of hydrogen-bond donors (Lipinski definition) is 1. The number of nitrogens with one attached hydrogen (secondary N) is 1. The van der Waals surface area contributed by atoms with Crippen molar-refractivity contribution in [3.63, 3.8) is 0 Å². The quantitative estimate of drug-likeness (QED) is 0.787. The number of methoxy groups -OCH3 is 2. The Hall–Kier alpha value is -2.48. The lowest BCUT2D eigenvalue weighted by Gasteiger charge is -2.40. The van der Waals surface area contributed by atoms with Crippen LogP contribution in [0, 0.1) is 5.41 Å². The first-order chi connectivity index (χ1) is 14.1. The highest BCUT2D eigenvalue weighted by Gasteiger charge is 2.58. The van der Waals surface area contributed by atoms with Crippen molar-refractivity contribution < 1.29 is 23.9 Å². The molecule has 3 atom stereocenters. The molecular weight excluding hydrogens is 410 g/mol. The van der Waals surface area contributed by atoms with Gasteiger partial charge in [-0.05, 0) is 11.5 Å². The predicted octanol–water partition coefficient (Wildman–Crippen LogP) is 2.37. The van der Waals surface area contributed by atoms with E-state index in [0.717, 1.165) is 0 Å². The van der Waals surface area contributed by atoms with E-state index in [1.165, 1.54) is 7.11 Å². The van der Waals surface area contributed by atoms with Gasteiger partial charge in [0, 0.05) is 24.5 Å². The number of oxime groups is 1. The molecule has 2 fully saturated rings. The Morgan fingerprint density at radius 1 is 1.23 bits per heavy atom. The molecule has 1 aromatic carbocycles. The third-order valence-electron chi connectivity index (χ3n) is 6.01. The molecule has 1 unspecified atom stereocenters. The number of amides is 2. The Bertz CT molecular complexity index is 941. The zero-order valence-electron chi connectivity index (χ0n) is 17.7. The van der Waals surface area contributed by atoms with Gasteiger partial charge in [-0.15, -0.1) is 0 Å². The lowest BCUT2D eigenvalue weighted by Crippen LogP contribution is -2.64. The van der Waals surface area contributed by atoms with E-state index >= 15 is 0 Å². The van der Waals surface area contributed by atoms with Gasteiger partial charge in [0.15, 0.2) is 5.60 Å². The molecule has 1 spiro atoms. The summed E-state index contributed by atoms with van der Waals surface area (Å²) in [6, 6.07) is 2.33. The zero-order chi connectivity index (χ0) is 21.8. The van der Waals surface area contributed by atoms with Gasteiger partial charge in [0.1, 0.15) is 23.6 Å².